The number of aromatic nitrogens is 2. The molecule has 10 nitrogen and oxygen atoms in total. The van der Waals surface area contributed by atoms with E-state index in [-0.39, 0.29) is 29.7 Å². The number of carbonyl (C=O) groups is 3. The smallest absolute Gasteiger partial charge is 0.273 e. The molecule has 1 aromatic carbocycles. The first kappa shape index (κ1) is 25.2. The number of imidazole rings is 1. The Kier molecular flexibility index (Phi) is 8.27. The minimum absolute atomic E-state index is 0.0733. The average molecular weight is 472 g/mol. The van der Waals surface area contributed by atoms with Crippen LogP contribution in [-0.2, 0) is 22.6 Å². The third-order valence-corrected chi connectivity index (χ3v) is 5.93. The number of hydrogen-bond donors (Lipinski definition) is 2. The molecule has 1 aliphatic rings. The van der Waals surface area contributed by atoms with Crippen LogP contribution in [0.1, 0.15) is 53.2 Å². The number of carbonyl (C=O) groups excluding carboxylic acids is 3. The molecule has 2 N–H and O–H groups in total. The third-order valence-electron chi connectivity index (χ3n) is 5.93. The van der Waals surface area contributed by atoms with Gasteiger partial charge in [-0.3, -0.25) is 14.4 Å². The second-order valence-electron chi connectivity index (χ2n) is 8.43. The van der Waals surface area contributed by atoms with Crippen LogP contribution in [0.3, 0.4) is 0 Å². The Bertz CT molecular complexity index is 1020. The summed E-state index contributed by atoms with van der Waals surface area (Å²) in [5.41, 5.74) is 0.0689. The zero-order chi connectivity index (χ0) is 24.7. The zero-order valence-corrected chi connectivity index (χ0v) is 20.2. The number of rotatable bonds is 11. The van der Waals surface area contributed by atoms with Gasteiger partial charge in [-0.1, -0.05) is 19.1 Å². The van der Waals surface area contributed by atoms with E-state index >= 15 is 0 Å². The molecule has 0 radical (unpaired) electrons. The number of ether oxygens (including phenoxy) is 2. The van der Waals surface area contributed by atoms with Gasteiger partial charge in [0.1, 0.15) is 17.0 Å². The maximum Gasteiger partial charge on any atom is 0.273 e. The van der Waals surface area contributed by atoms with Gasteiger partial charge in [-0.05, 0) is 37.5 Å². The fourth-order valence-corrected chi connectivity index (χ4v) is 4.05. The first-order valence-corrected chi connectivity index (χ1v) is 11.4. The van der Waals surface area contributed by atoms with Crippen LogP contribution in [0.5, 0.6) is 5.75 Å². The van der Waals surface area contributed by atoms with Crippen molar-refractivity contribution >= 4 is 17.7 Å². The quantitative estimate of drug-likeness (QED) is 0.481. The van der Waals surface area contributed by atoms with E-state index in [1.807, 2.05) is 31.2 Å². The minimum atomic E-state index is -1.13. The number of benzene rings is 1. The Labute approximate surface area is 199 Å². The van der Waals surface area contributed by atoms with Crippen LogP contribution in [-0.4, -0.2) is 71.6 Å². The molecule has 3 amide bonds. The number of methoxy groups -OCH3 is 2. The van der Waals surface area contributed by atoms with Gasteiger partial charge < -0.3 is 29.6 Å². The molecule has 10 heteroatoms. The second kappa shape index (κ2) is 11.1. The Morgan fingerprint density at radius 2 is 1.91 bits per heavy atom. The number of fused-ring (bicyclic) bond motifs is 1. The molecular weight excluding hydrogens is 438 g/mol. The molecular formula is C24H33N5O5. The average Bonchev–Trinajstić information content (AvgIpc) is 3.26. The maximum atomic E-state index is 13.5. The Morgan fingerprint density at radius 3 is 2.56 bits per heavy atom. The SMILES string of the molecule is CCCN1C(=O)c2c(C(=O)NCCCOC)ncn2CC1(C)C(=O)NCc1ccc(OC)cc1. The summed E-state index contributed by atoms with van der Waals surface area (Å²) in [7, 11) is 3.19. The summed E-state index contributed by atoms with van der Waals surface area (Å²) >= 11 is 0. The molecule has 1 unspecified atom stereocenters. The van der Waals surface area contributed by atoms with Crippen LogP contribution in [0.15, 0.2) is 30.6 Å². The van der Waals surface area contributed by atoms with Crippen LogP contribution in [0.4, 0.5) is 0 Å². The lowest BCUT2D eigenvalue weighted by Gasteiger charge is -2.43. The van der Waals surface area contributed by atoms with Gasteiger partial charge in [0.15, 0.2) is 5.69 Å². The highest BCUT2D eigenvalue weighted by Crippen LogP contribution is 2.29. The summed E-state index contributed by atoms with van der Waals surface area (Å²) in [5.74, 6) is -0.327. The molecule has 2 aromatic rings. The van der Waals surface area contributed by atoms with E-state index in [1.165, 1.54) is 6.33 Å². The van der Waals surface area contributed by atoms with Crippen LogP contribution < -0.4 is 15.4 Å². The summed E-state index contributed by atoms with van der Waals surface area (Å²) in [6, 6.07) is 7.41. The molecule has 0 spiro atoms. The van der Waals surface area contributed by atoms with Gasteiger partial charge in [-0.25, -0.2) is 4.98 Å². The van der Waals surface area contributed by atoms with Gasteiger partial charge in [0.05, 0.1) is 20.0 Å². The van der Waals surface area contributed by atoms with Crippen molar-refractivity contribution in [2.45, 2.75) is 45.3 Å². The molecule has 0 aliphatic carbocycles. The normalized spacial score (nSPS) is 17.3. The summed E-state index contributed by atoms with van der Waals surface area (Å²) in [5, 5.41) is 5.73. The van der Waals surface area contributed by atoms with Crippen molar-refractivity contribution in [2.24, 2.45) is 0 Å². The van der Waals surface area contributed by atoms with Gasteiger partial charge >= 0.3 is 0 Å². The first-order chi connectivity index (χ1) is 16.3. The largest absolute Gasteiger partial charge is 0.497 e. The van der Waals surface area contributed by atoms with Gasteiger partial charge in [-0.2, -0.15) is 0 Å². The van der Waals surface area contributed by atoms with Crippen LogP contribution in [0.2, 0.25) is 0 Å². The number of hydrogen-bond acceptors (Lipinski definition) is 6. The Hall–Kier alpha value is -3.40. The highest BCUT2D eigenvalue weighted by molar-refractivity contribution is 6.07. The predicted octanol–water partition coefficient (Wildman–Crippen LogP) is 1.60. The third kappa shape index (κ3) is 5.22. The fourth-order valence-electron chi connectivity index (χ4n) is 4.05. The van der Waals surface area contributed by atoms with E-state index in [0.29, 0.717) is 39.1 Å². The number of nitrogens with zero attached hydrogens (tertiary/aromatic N) is 3. The molecule has 3 rings (SSSR count). The van der Waals surface area contributed by atoms with Crippen LogP contribution in [0.25, 0.3) is 0 Å². The highest BCUT2D eigenvalue weighted by atomic mass is 16.5. The molecule has 1 atom stereocenters. The van der Waals surface area contributed by atoms with Crippen molar-refractivity contribution in [3.63, 3.8) is 0 Å². The van der Waals surface area contributed by atoms with Gasteiger partial charge in [0.2, 0.25) is 5.91 Å². The van der Waals surface area contributed by atoms with E-state index in [1.54, 1.807) is 30.6 Å². The van der Waals surface area contributed by atoms with E-state index in [2.05, 4.69) is 15.6 Å². The second-order valence-corrected chi connectivity index (χ2v) is 8.43. The monoisotopic (exact) mass is 471 g/mol. The first-order valence-electron chi connectivity index (χ1n) is 11.4. The summed E-state index contributed by atoms with van der Waals surface area (Å²) < 4.78 is 11.8. The van der Waals surface area contributed by atoms with Gasteiger partial charge in [-0.15, -0.1) is 0 Å². The molecule has 2 heterocycles. The van der Waals surface area contributed by atoms with Crippen molar-refractivity contribution in [1.82, 2.24) is 25.1 Å². The fraction of sp³-hybridized carbons (Fsp3) is 0.500. The molecule has 0 saturated heterocycles. The Morgan fingerprint density at radius 1 is 1.18 bits per heavy atom. The predicted molar refractivity (Wildman–Crippen MR) is 126 cm³/mol. The molecule has 0 fully saturated rings. The van der Waals surface area contributed by atoms with Crippen LogP contribution >= 0.6 is 0 Å². The van der Waals surface area contributed by atoms with Gasteiger partial charge in [0, 0.05) is 33.4 Å². The van der Waals surface area contributed by atoms with E-state index < -0.39 is 11.4 Å². The van der Waals surface area contributed by atoms with E-state index in [0.717, 1.165) is 11.3 Å². The van der Waals surface area contributed by atoms with Crippen molar-refractivity contribution in [1.29, 1.82) is 0 Å². The highest BCUT2D eigenvalue weighted by Gasteiger charge is 2.48. The number of amides is 3. The topological polar surface area (TPSA) is 115 Å². The lowest BCUT2D eigenvalue weighted by molar-refractivity contribution is -0.133. The van der Waals surface area contributed by atoms with Crippen molar-refractivity contribution in [3.8, 4) is 5.75 Å². The standard InChI is InChI=1S/C24H33N5O5/c1-5-12-29-22(31)20-19(21(30)25-11-6-13-33-3)27-16-28(20)15-24(29,2)23(32)26-14-17-7-9-18(34-4)10-8-17/h7-10,16H,5-6,11-15H2,1-4H3,(H,25,30)(H,26,32). The molecule has 34 heavy (non-hydrogen) atoms. The molecule has 0 saturated carbocycles. The number of nitrogens with one attached hydrogen (secondary N) is 2. The van der Waals surface area contributed by atoms with E-state index in [9.17, 15) is 14.4 Å². The lowest BCUT2D eigenvalue weighted by Crippen LogP contribution is -2.64. The minimum Gasteiger partial charge on any atom is -0.497 e. The molecule has 0 bridgehead atoms. The summed E-state index contributed by atoms with van der Waals surface area (Å²) in [6.45, 7) is 5.53. The molecule has 184 valence electrons. The van der Waals surface area contributed by atoms with Crippen LogP contribution in [0, 0.1) is 0 Å². The Balaban J connectivity index is 1.78. The van der Waals surface area contributed by atoms with Crippen molar-refractivity contribution in [3.05, 3.63) is 47.5 Å². The molecule has 1 aromatic heterocycles. The lowest BCUT2D eigenvalue weighted by atomic mass is 9.94. The summed E-state index contributed by atoms with van der Waals surface area (Å²) in [6.07, 6.45) is 2.77. The van der Waals surface area contributed by atoms with Crippen molar-refractivity contribution < 1.29 is 23.9 Å². The summed E-state index contributed by atoms with van der Waals surface area (Å²) in [4.78, 5) is 45.3. The zero-order valence-electron chi connectivity index (χ0n) is 20.2. The van der Waals surface area contributed by atoms with Gasteiger partial charge in [0.25, 0.3) is 11.8 Å². The van der Waals surface area contributed by atoms with E-state index in [4.69, 9.17) is 9.47 Å². The van der Waals surface area contributed by atoms with Crippen molar-refractivity contribution in [2.75, 3.05) is 33.9 Å². The molecule has 1 aliphatic heterocycles. The maximum absolute atomic E-state index is 13.5.